The molecule has 0 unspecified atom stereocenters. The fourth-order valence-corrected chi connectivity index (χ4v) is 2.26. The van der Waals surface area contributed by atoms with Crippen LogP contribution in [0.2, 0.25) is 0 Å². The first-order valence-corrected chi connectivity index (χ1v) is 6.55. The van der Waals surface area contributed by atoms with Gasteiger partial charge in [-0.2, -0.15) is 5.26 Å². The van der Waals surface area contributed by atoms with Crippen LogP contribution < -0.4 is 4.74 Å². The van der Waals surface area contributed by atoms with Gasteiger partial charge in [0.05, 0.1) is 12.7 Å². The Morgan fingerprint density at radius 2 is 2.00 bits per heavy atom. The van der Waals surface area contributed by atoms with Gasteiger partial charge < -0.3 is 9.94 Å². The molecule has 20 heavy (non-hydrogen) atoms. The molecule has 0 saturated carbocycles. The number of ether oxygens (including phenoxy) is 1. The summed E-state index contributed by atoms with van der Waals surface area (Å²) in [5, 5.41) is 21.3. The highest BCUT2D eigenvalue weighted by atomic mass is 79.9. The second kappa shape index (κ2) is 6.22. The number of rotatable bonds is 2. The van der Waals surface area contributed by atoms with E-state index in [-0.39, 0.29) is 0 Å². The Balaban J connectivity index is 2.47. The Labute approximate surface area is 125 Å². The molecule has 1 aliphatic rings. The van der Waals surface area contributed by atoms with Crippen molar-refractivity contribution < 1.29 is 9.94 Å². The number of halogens is 1. The second-order valence-electron chi connectivity index (χ2n) is 3.98. The summed E-state index contributed by atoms with van der Waals surface area (Å²) in [5.41, 5.74) is 2.50. The maximum Gasteiger partial charge on any atom is 0.118 e. The summed E-state index contributed by atoms with van der Waals surface area (Å²) in [6.07, 6.45) is 5.13. The van der Waals surface area contributed by atoms with Crippen molar-refractivity contribution >= 4 is 27.2 Å². The Hall–Kier alpha value is -2.32. The van der Waals surface area contributed by atoms with Crippen molar-refractivity contribution in [2.24, 2.45) is 5.16 Å². The fraction of sp³-hybridized carbons (Fsp3) is 0.0667. The Morgan fingerprint density at radius 1 is 1.30 bits per heavy atom. The zero-order valence-electron chi connectivity index (χ0n) is 10.7. The maximum atomic E-state index is 9.37. The van der Waals surface area contributed by atoms with Gasteiger partial charge in [0.25, 0.3) is 0 Å². The van der Waals surface area contributed by atoms with Gasteiger partial charge >= 0.3 is 0 Å². The standard InChI is InChI=1S/C15H11BrN2O2/c1-20-12-5-2-10(3-6-12)13(9-17)11-4-7-15(18-19)14(16)8-11/h2-8,19H,1H3/b13-11+,18-15+. The van der Waals surface area contributed by atoms with E-state index in [1.165, 1.54) is 0 Å². The third-order valence-corrected chi connectivity index (χ3v) is 3.47. The highest BCUT2D eigenvalue weighted by Gasteiger charge is 2.12. The van der Waals surface area contributed by atoms with Gasteiger partial charge in [-0.15, -0.1) is 0 Å². The molecule has 1 aromatic carbocycles. The van der Waals surface area contributed by atoms with Crippen LogP contribution in [-0.2, 0) is 0 Å². The minimum Gasteiger partial charge on any atom is -0.497 e. The molecule has 0 aliphatic heterocycles. The molecule has 5 heteroatoms. The van der Waals surface area contributed by atoms with Crippen LogP contribution in [0.1, 0.15) is 5.56 Å². The molecule has 0 bridgehead atoms. The molecule has 0 aromatic heterocycles. The first-order chi connectivity index (χ1) is 9.69. The number of benzene rings is 1. The van der Waals surface area contributed by atoms with E-state index in [4.69, 9.17) is 9.94 Å². The van der Waals surface area contributed by atoms with Crippen LogP contribution in [0.15, 0.2) is 57.7 Å². The lowest BCUT2D eigenvalue weighted by atomic mass is 9.97. The van der Waals surface area contributed by atoms with Crippen LogP contribution in [0.25, 0.3) is 5.57 Å². The molecule has 4 nitrogen and oxygen atoms in total. The predicted octanol–water partition coefficient (Wildman–Crippen LogP) is 3.65. The number of nitriles is 1. The smallest absolute Gasteiger partial charge is 0.118 e. The van der Waals surface area contributed by atoms with E-state index < -0.39 is 0 Å². The highest BCUT2D eigenvalue weighted by molar-refractivity contribution is 9.12. The lowest BCUT2D eigenvalue weighted by molar-refractivity contribution is 0.320. The van der Waals surface area contributed by atoms with E-state index in [0.717, 1.165) is 16.9 Å². The molecular weight excluding hydrogens is 320 g/mol. The number of nitrogens with zero attached hydrogens (tertiary/aromatic N) is 2. The lowest BCUT2D eigenvalue weighted by Crippen LogP contribution is -2.00. The van der Waals surface area contributed by atoms with Gasteiger partial charge in [-0.3, -0.25) is 0 Å². The zero-order chi connectivity index (χ0) is 14.5. The lowest BCUT2D eigenvalue weighted by Gasteiger charge is -2.09. The summed E-state index contributed by atoms with van der Waals surface area (Å²) in [5.74, 6) is 0.738. The Kier molecular flexibility index (Phi) is 4.38. The SMILES string of the molecule is COc1ccc(/C(C#N)=C2C=C/C(=N\O)C(Br)=C\2)cc1. The number of hydrogen-bond donors (Lipinski definition) is 1. The van der Waals surface area contributed by atoms with Crippen LogP contribution in [0.3, 0.4) is 0 Å². The van der Waals surface area contributed by atoms with Crippen LogP contribution >= 0.6 is 15.9 Å². The van der Waals surface area contributed by atoms with Gasteiger partial charge in [0, 0.05) is 4.48 Å². The molecule has 0 spiro atoms. The minimum atomic E-state index is 0.417. The topological polar surface area (TPSA) is 65.6 Å². The third kappa shape index (κ3) is 2.81. The molecule has 1 aromatic rings. The van der Waals surface area contributed by atoms with Crippen molar-refractivity contribution in [3.8, 4) is 11.8 Å². The van der Waals surface area contributed by atoms with Crippen LogP contribution in [-0.4, -0.2) is 18.0 Å². The number of allylic oxidation sites excluding steroid dienone is 6. The summed E-state index contributed by atoms with van der Waals surface area (Å²) < 4.78 is 5.72. The molecule has 0 atom stereocenters. The van der Waals surface area contributed by atoms with Crippen molar-refractivity contribution in [3.63, 3.8) is 0 Å². The number of methoxy groups -OCH3 is 1. The molecular formula is C15H11BrN2O2. The Bertz CT molecular complexity index is 677. The largest absolute Gasteiger partial charge is 0.497 e. The van der Waals surface area contributed by atoms with Gasteiger partial charge in [0.2, 0.25) is 0 Å². The van der Waals surface area contributed by atoms with Gasteiger partial charge in [-0.05, 0) is 63.5 Å². The number of hydrogen-bond acceptors (Lipinski definition) is 4. The van der Waals surface area contributed by atoms with Crippen molar-refractivity contribution in [3.05, 3.63) is 58.1 Å². The average Bonchev–Trinajstić information content (AvgIpc) is 2.49. The van der Waals surface area contributed by atoms with Crippen molar-refractivity contribution in [2.45, 2.75) is 0 Å². The summed E-state index contributed by atoms with van der Waals surface area (Å²) >= 11 is 3.30. The minimum absolute atomic E-state index is 0.417. The number of oxime groups is 1. The average molecular weight is 331 g/mol. The summed E-state index contributed by atoms with van der Waals surface area (Å²) in [4.78, 5) is 0. The monoisotopic (exact) mass is 330 g/mol. The molecule has 100 valence electrons. The zero-order valence-corrected chi connectivity index (χ0v) is 12.3. The normalized spacial score (nSPS) is 18.4. The van der Waals surface area contributed by atoms with Gasteiger partial charge in [-0.1, -0.05) is 11.2 Å². The first kappa shape index (κ1) is 14.1. The predicted molar refractivity (Wildman–Crippen MR) is 80.9 cm³/mol. The third-order valence-electron chi connectivity index (χ3n) is 2.83. The summed E-state index contributed by atoms with van der Waals surface area (Å²) in [6.45, 7) is 0. The first-order valence-electron chi connectivity index (χ1n) is 5.76. The van der Waals surface area contributed by atoms with Crippen molar-refractivity contribution in [1.29, 1.82) is 5.26 Å². The van der Waals surface area contributed by atoms with E-state index >= 15 is 0 Å². The molecule has 2 rings (SSSR count). The van der Waals surface area contributed by atoms with Gasteiger partial charge in [0.15, 0.2) is 0 Å². The van der Waals surface area contributed by atoms with Crippen molar-refractivity contribution in [1.82, 2.24) is 0 Å². The molecule has 1 N–H and O–H groups in total. The fourth-order valence-electron chi connectivity index (χ4n) is 1.80. The van der Waals surface area contributed by atoms with E-state index in [1.54, 1.807) is 37.5 Å². The molecule has 0 saturated heterocycles. The summed E-state index contributed by atoms with van der Waals surface area (Å²) in [6, 6.07) is 9.47. The van der Waals surface area contributed by atoms with E-state index in [9.17, 15) is 5.26 Å². The van der Waals surface area contributed by atoms with Crippen LogP contribution in [0.5, 0.6) is 5.75 Å². The Morgan fingerprint density at radius 3 is 2.50 bits per heavy atom. The van der Waals surface area contributed by atoms with Crippen molar-refractivity contribution in [2.75, 3.05) is 7.11 Å². The highest BCUT2D eigenvalue weighted by Crippen LogP contribution is 2.27. The van der Waals surface area contributed by atoms with Crippen LogP contribution in [0, 0.1) is 11.3 Å². The van der Waals surface area contributed by atoms with Gasteiger partial charge in [0.1, 0.15) is 17.5 Å². The molecule has 0 heterocycles. The molecule has 1 aliphatic carbocycles. The van der Waals surface area contributed by atoms with E-state index in [2.05, 4.69) is 27.2 Å². The second-order valence-corrected chi connectivity index (χ2v) is 4.84. The van der Waals surface area contributed by atoms with E-state index in [1.807, 2.05) is 12.1 Å². The molecule has 0 fully saturated rings. The summed E-state index contributed by atoms with van der Waals surface area (Å²) in [7, 11) is 1.60. The van der Waals surface area contributed by atoms with Gasteiger partial charge in [-0.25, -0.2) is 0 Å². The van der Waals surface area contributed by atoms with E-state index in [0.29, 0.717) is 15.8 Å². The quantitative estimate of drug-likeness (QED) is 0.511. The molecule has 0 radical (unpaired) electrons. The van der Waals surface area contributed by atoms with Crippen LogP contribution in [0.4, 0.5) is 0 Å². The molecule has 0 amide bonds. The maximum absolute atomic E-state index is 9.37.